The molecular formula is C14H12BrFN2S. The molecule has 0 unspecified atom stereocenters. The van der Waals surface area contributed by atoms with Gasteiger partial charge in [-0.25, -0.2) is 4.39 Å². The van der Waals surface area contributed by atoms with Crippen LogP contribution < -0.4 is 11.1 Å². The Morgan fingerprint density at radius 3 is 2.63 bits per heavy atom. The fourth-order valence-electron chi connectivity index (χ4n) is 1.79. The molecule has 2 aromatic rings. The second-order valence-corrected chi connectivity index (χ2v) is 5.41. The molecule has 0 saturated carbocycles. The number of benzene rings is 2. The van der Waals surface area contributed by atoms with E-state index in [0.717, 1.165) is 27.0 Å². The highest BCUT2D eigenvalue weighted by Crippen LogP contribution is 2.28. The van der Waals surface area contributed by atoms with Gasteiger partial charge in [-0.15, -0.1) is 0 Å². The molecule has 0 bridgehead atoms. The van der Waals surface area contributed by atoms with Crippen molar-refractivity contribution in [1.82, 2.24) is 0 Å². The van der Waals surface area contributed by atoms with E-state index in [4.69, 9.17) is 18.0 Å². The van der Waals surface area contributed by atoms with E-state index < -0.39 is 0 Å². The number of hydrogen-bond donors (Lipinski definition) is 2. The molecule has 5 heteroatoms. The average molecular weight is 339 g/mol. The standard InChI is InChI=1S/C14H12BrFN2S/c1-8-7-9(16)5-6-11(8)18-12-4-2-3-10(15)13(12)14(17)19/h2-7,18H,1H3,(H2,17,19). The lowest BCUT2D eigenvalue weighted by Crippen LogP contribution is -2.13. The summed E-state index contributed by atoms with van der Waals surface area (Å²) in [6, 6.07) is 10.2. The van der Waals surface area contributed by atoms with Crippen molar-refractivity contribution in [3.05, 3.63) is 57.8 Å². The van der Waals surface area contributed by atoms with Crippen LogP contribution in [0.4, 0.5) is 15.8 Å². The summed E-state index contributed by atoms with van der Waals surface area (Å²) in [5.74, 6) is -0.258. The number of aryl methyl sites for hydroxylation is 1. The van der Waals surface area contributed by atoms with Gasteiger partial charge >= 0.3 is 0 Å². The Kier molecular flexibility index (Phi) is 4.17. The number of nitrogens with one attached hydrogen (secondary N) is 1. The minimum absolute atomic E-state index is 0.258. The molecule has 0 aliphatic heterocycles. The predicted molar refractivity (Wildman–Crippen MR) is 84.4 cm³/mol. The molecule has 0 fully saturated rings. The Hall–Kier alpha value is -1.46. The molecule has 0 spiro atoms. The van der Waals surface area contributed by atoms with Crippen LogP contribution in [-0.2, 0) is 0 Å². The van der Waals surface area contributed by atoms with Gasteiger partial charge in [0.05, 0.1) is 0 Å². The number of rotatable bonds is 3. The Labute approximate surface area is 124 Å². The van der Waals surface area contributed by atoms with E-state index in [0.29, 0.717) is 4.99 Å². The average Bonchev–Trinajstić information content (AvgIpc) is 2.32. The van der Waals surface area contributed by atoms with Crippen molar-refractivity contribution >= 4 is 44.5 Å². The summed E-state index contributed by atoms with van der Waals surface area (Å²) in [6.07, 6.45) is 0. The molecule has 0 heterocycles. The van der Waals surface area contributed by atoms with E-state index in [-0.39, 0.29) is 5.82 Å². The van der Waals surface area contributed by atoms with Crippen molar-refractivity contribution in [3.63, 3.8) is 0 Å². The fraction of sp³-hybridized carbons (Fsp3) is 0.0714. The molecule has 0 radical (unpaired) electrons. The Bertz CT molecular complexity index is 643. The van der Waals surface area contributed by atoms with Gasteiger partial charge in [-0.1, -0.05) is 18.3 Å². The number of nitrogens with two attached hydrogens (primary N) is 1. The van der Waals surface area contributed by atoms with Gasteiger partial charge in [0.15, 0.2) is 0 Å². The van der Waals surface area contributed by atoms with E-state index in [1.807, 2.05) is 25.1 Å². The van der Waals surface area contributed by atoms with Crippen molar-refractivity contribution in [3.8, 4) is 0 Å². The van der Waals surface area contributed by atoms with Crippen LogP contribution in [0.5, 0.6) is 0 Å². The van der Waals surface area contributed by atoms with Crippen LogP contribution in [0, 0.1) is 12.7 Å². The highest BCUT2D eigenvalue weighted by Gasteiger charge is 2.10. The molecule has 2 aromatic carbocycles. The number of hydrogen-bond acceptors (Lipinski definition) is 2. The zero-order chi connectivity index (χ0) is 14.0. The van der Waals surface area contributed by atoms with Crippen molar-refractivity contribution in [1.29, 1.82) is 0 Å². The lowest BCUT2D eigenvalue weighted by Gasteiger charge is -2.14. The lowest BCUT2D eigenvalue weighted by molar-refractivity contribution is 0.627. The third-order valence-corrected chi connectivity index (χ3v) is 3.58. The lowest BCUT2D eigenvalue weighted by atomic mass is 10.1. The molecular weight excluding hydrogens is 327 g/mol. The zero-order valence-corrected chi connectivity index (χ0v) is 12.6. The number of anilines is 2. The molecule has 19 heavy (non-hydrogen) atoms. The summed E-state index contributed by atoms with van der Waals surface area (Å²) in [5.41, 5.74) is 8.89. The summed E-state index contributed by atoms with van der Waals surface area (Å²) >= 11 is 8.48. The van der Waals surface area contributed by atoms with Gasteiger partial charge < -0.3 is 11.1 Å². The molecule has 2 nitrogen and oxygen atoms in total. The summed E-state index contributed by atoms with van der Waals surface area (Å²) < 4.78 is 13.9. The third kappa shape index (κ3) is 3.11. The second-order valence-electron chi connectivity index (χ2n) is 4.11. The van der Waals surface area contributed by atoms with E-state index in [9.17, 15) is 4.39 Å². The smallest absolute Gasteiger partial charge is 0.123 e. The molecule has 0 saturated heterocycles. The molecule has 0 amide bonds. The highest BCUT2D eigenvalue weighted by atomic mass is 79.9. The largest absolute Gasteiger partial charge is 0.389 e. The van der Waals surface area contributed by atoms with Crippen molar-refractivity contribution in [2.45, 2.75) is 6.92 Å². The summed E-state index contributed by atoms with van der Waals surface area (Å²) in [7, 11) is 0. The van der Waals surface area contributed by atoms with Gasteiger partial charge in [0.1, 0.15) is 10.8 Å². The van der Waals surface area contributed by atoms with Crippen LogP contribution in [0.15, 0.2) is 40.9 Å². The van der Waals surface area contributed by atoms with Crippen LogP contribution in [0.2, 0.25) is 0 Å². The minimum Gasteiger partial charge on any atom is -0.389 e. The monoisotopic (exact) mass is 338 g/mol. The Balaban J connectivity index is 2.44. The quantitative estimate of drug-likeness (QED) is 0.820. The maximum atomic E-state index is 13.1. The second kappa shape index (κ2) is 5.67. The number of halogens is 2. The summed E-state index contributed by atoms with van der Waals surface area (Å²) in [6.45, 7) is 1.84. The maximum Gasteiger partial charge on any atom is 0.123 e. The maximum absolute atomic E-state index is 13.1. The van der Waals surface area contributed by atoms with Crippen molar-refractivity contribution in [2.24, 2.45) is 5.73 Å². The highest BCUT2D eigenvalue weighted by molar-refractivity contribution is 9.10. The molecule has 2 rings (SSSR count). The van der Waals surface area contributed by atoms with Gasteiger partial charge in [-0.3, -0.25) is 0 Å². The van der Waals surface area contributed by atoms with E-state index in [2.05, 4.69) is 21.2 Å². The van der Waals surface area contributed by atoms with E-state index >= 15 is 0 Å². The summed E-state index contributed by atoms with van der Waals surface area (Å²) in [4.78, 5) is 0.301. The van der Waals surface area contributed by atoms with E-state index in [1.165, 1.54) is 12.1 Å². The first-order chi connectivity index (χ1) is 8.99. The van der Waals surface area contributed by atoms with Crippen molar-refractivity contribution in [2.75, 3.05) is 5.32 Å². The molecule has 0 aliphatic rings. The normalized spacial score (nSPS) is 10.3. The van der Waals surface area contributed by atoms with Crippen LogP contribution in [0.25, 0.3) is 0 Å². The first-order valence-corrected chi connectivity index (χ1v) is 6.80. The van der Waals surface area contributed by atoms with Gasteiger partial charge in [-0.2, -0.15) is 0 Å². The fourth-order valence-corrected chi connectivity index (χ4v) is 2.72. The van der Waals surface area contributed by atoms with E-state index in [1.54, 1.807) is 6.07 Å². The minimum atomic E-state index is -0.258. The topological polar surface area (TPSA) is 38.0 Å². The molecule has 98 valence electrons. The number of thiocarbonyl (C=S) groups is 1. The van der Waals surface area contributed by atoms with Crippen molar-refractivity contribution < 1.29 is 4.39 Å². The Morgan fingerprint density at radius 1 is 1.26 bits per heavy atom. The van der Waals surface area contributed by atoms with Crippen LogP contribution in [0.1, 0.15) is 11.1 Å². The molecule has 0 atom stereocenters. The molecule has 0 aliphatic carbocycles. The van der Waals surface area contributed by atoms with Crippen LogP contribution >= 0.6 is 28.1 Å². The van der Waals surface area contributed by atoms with Gasteiger partial charge in [-0.05, 0) is 58.7 Å². The zero-order valence-electron chi connectivity index (χ0n) is 10.2. The predicted octanol–water partition coefficient (Wildman–Crippen LogP) is 4.27. The SMILES string of the molecule is Cc1cc(F)ccc1Nc1cccc(Br)c1C(N)=S. The molecule has 3 N–H and O–H groups in total. The third-order valence-electron chi connectivity index (χ3n) is 2.72. The van der Waals surface area contributed by atoms with Crippen LogP contribution in [0.3, 0.4) is 0 Å². The van der Waals surface area contributed by atoms with Crippen LogP contribution in [-0.4, -0.2) is 4.99 Å². The first-order valence-electron chi connectivity index (χ1n) is 5.60. The summed E-state index contributed by atoms with van der Waals surface area (Å²) in [5, 5.41) is 3.23. The molecule has 0 aromatic heterocycles. The van der Waals surface area contributed by atoms with Gasteiger partial charge in [0.25, 0.3) is 0 Å². The van der Waals surface area contributed by atoms with Gasteiger partial charge in [0.2, 0.25) is 0 Å². The Morgan fingerprint density at radius 2 is 2.00 bits per heavy atom. The first kappa shape index (κ1) is 14.0. The van der Waals surface area contributed by atoms with Gasteiger partial charge in [0, 0.05) is 21.4 Å².